The largest absolute Gasteiger partial charge is 0.493 e. The Kier molecular flexibility index (Phi) is 3.22. The summed E-state index contributed by atoms with van der Waals surface area (Å²) in [6.07, 6.45) is 1.07. The SMILES string of the molecule is CCN(C)[C@H]1Cc2ccc(OC)c3c2C2[C@H](O3)C(=O)CC[C@@]21O. The van der Waals surface area contributed by atoms with Gasteiger partial charge in [0.05, 0.1) is 18.6 Å². The number of carbonyl (C=O) groups excluding carboxylic acids is 1. The lowest BCUT2D eigenvalue weighted by Crippen LogP contribution is -2.63. The van der Waals surface area contributed by atoms with Crippen molar-refractivity contribution in [1.82, 2.24) is 4.90 Å². The van der Waals surface area contributed by atoms with E-state index in [0.29, 0.717) is 24.3 Å². The maximum Gasteiger partial charge on any atom is 0.174 e. The van der Waals surface area contributed by atoms with Crippen LogP contribution in [-0.2, 0) is 11.2 Å². The average Bonchev–Trinajstić information content (AvgIpc) is 2.97. The molecule has 3 aliphatic rings. The van der Waals surface area contributed by atoms with E-state index >= 15 is 0 Å². The smallest absolute Gasteiger partial charge is 0.174 e. The molecule has 23 heavy (non-hydrogen) atoms. The van der Waals surface area contributed by atoms with Crippen LogP contribution in [0.15, 0.2) is 12.1 Å². The lowest BCUT2D eigenvalue weighted by molar-refractivity contribution is -0.146. The number of methoxy groups -OCH3 is 1. The molecule has 0 aromatic heterocycles. The van der Waals surface area contributed by atoms with E-state index in [9.17, 15) is 9.90 Å². The van der Waals surface area contributed by atoms with Crippen LogP contribution in [0.2, 0.25) is 0 Å². The molecule has 0 saturated heterocycles. The molecule has 1 aromatic carbocycles. The van der Waals surface area contributed by atoms with E-state index in [1.54, 1.807) is 7.11 Å². The number of benzene rings is 1. The van der Waals surface area contributed by atoms with Crippen molar-refractivity contribution in [2.75, 3.05) is 20.7 Å². The molecule has 4 atom stereocenters. The van der Waals surface area contributed by atoms with Gasteiger partial charge in [-0.25, -0.2) is 0 Å². The van der Waals surface area contributed by atoms with Gasteiger partial charge < -0.3 is 19.5 Å². The third-order valence-corrected chi connectivity index (χ3v) is 5.98. The van der Waals surface area contributed by atoms with Gasteiger partial charge in [-0.1, -0.05) is 13.0 Å². The fourth-order valence-electron chi connectivity index (χ4n) is 4.67. The van der Waals surface area contributed by atoms with Gasteiger partial charge in [0.2, 0.25) is 0 Å². The fourth-order valence-corrected chi connectivity index (χ4v) is 4.67. The van der Waals surface area contributed by atoms with Gasteiger partial charge in [0.15, 0.2) is 23.4 Å². The summed E-state index contributed by atoms with van der Waals surface area (Å²) in [5.74, 6) is 1.11. The molecule has 1 N–H and O–H groups in total. The lowest BCUT2D eigenvalue weighted by atomic mass is 9.61. The summed E-state index contributed by atoms with van der Waals surface area (Å²) in [5.41, 5.74) is 1.23. The van der Waals surface area contributed by atoms with E-state index in [0.717, 1.165) is 24.1 Å². The Morgan fingerprint density at radius 3 is 2.96 bits per heavy atom. The van der Waals surface area contributed by atoms with Crippen LogP contribution in [0.25, 0.3) is 0 Å². The first-order valence-corrected chi connectivity index (χ1v) is 8.33. The molecular weight excluding hydrogens is 294 g/mol. The molecule has 0 bridgehead atoms. The van der Waals surface area contributed by atoms with Crippen LogP contribution >= 0.6 is 0 Å². The first kappa shape index (κ1) is 15.0. The highest BCUT2D eigenvalue weighted by Gasteiger charge is 2.61. The number of aliphatic hydroxyl groups is 1. The van der Waals surface area contributed by atoms with E-state index in [4.69, 9.17) is 9.47 Å². The van der Waals surface area contributed by atoms with Gasteiger partial charge in [0.1, 0.15) is 0 Å². The van der Waals surface area contributed by atoms with Gasteiger partial charge in [0, 0.05) is 18.0 Å². The molecule has 1 unspecified atom stereocenters. The fraction of sp³-hybridized carbons (Fsp3) is 0.611. The van der Waals surface area contributed by atoms with E-state index < -0.39 is 11.7 Å². The normalized spacial score (nSPS) is 34.3. The number of rotatable bonds is 3. The van der Waals surface area contributed by atoms with Gasteiger partial charge >= 0.3 is 0 Å². The quantitative estimate of drug-likeness (QED) is 0.916. The zero-order valence-electron chi connectivity index (χ0n) is 13.8. The molecule has 4 rings (SSSR count). The maximum atomic E-state index is 12.4. The van der Waals surface area contributed by atoms with Crippen LogP contribution in [0, 0.1) is 0 Å². The number of hydrogen-bond acceptors (Lipinski definition) is 5. The van der Waals surface area contributed by atoms with Gasteiger partial charge in [-0.15, -0.1) is 0 Å². The van der Waals surface area contributed by atoms with Crippen LogP contribution in [0.1, 0.15) is 36.8 Å². The molecule has 0 spiro atoms. The van der Waals surface area contributed by atoms with Crippen LogP contribution < -0.4 is 9.47 Å². The summed E-state index contributed by atoms with van der Waals surface area (Å²) in [6, 6.07) is 3.96. The number of likely N-dealkylation sites (N-methyl/N-ethyl adjacent to an activating group) is 1. The van der Waals surface area contributed by atoms with Crippen molar-refractivity contribution in [2.24, 2.45) is 0 Å². The zero-order chi connectivity index (χ0) is 16.4. The molecule has 2 aliphatic carbocycles. The maximum absolute atomic E-state index is 12.4. The van der Waals surface area contributed by atoms with Crippen LogP contribution in [0.5, 0.6) is 11.5 Å². The summed E-state index contributed by atoms with van der Waals surface area (Å²) in [5, 5.41) is 11.6. The molecule has 0 radical (unpaired) electrons. The second-order valence-electron chi connectivity index (χ2n) is 6.94. The Morgan fingerprint density at radius 1 is 1.48 bits per heavy atom. The molecule has 1 fully saturated rings. The Bertz CT molecular complexity index is 673. The van der Waals surface area contributed by atoms with Crippen molar-refractivity contribution in [2.45, 2.75) is 49.9 Å². The summed E-state index contributed by atoms with van der Waals surface area (Å²) >= 11 is 0. The zero-order valence-corrected chi connectivity index (χ0v) is 13.8. The molecule has 0 amide bonds. The predicted molar refractivity (Wildman–Crippen MR) is 85.1 cm³/mol. The van der Waals surface area contributed by atoms with Gasteiger partial charge in [-0.05, 0) is 38.1 Å². The minimum atomic E-state index is -0.923. The Balaban J connectivity index is 1.92. The molecule has 1 heterocycles. The van der Waals surface area contributed by atoms with Crippen molar-refractivity contribution < 1.29 is 19.4 Å². The Morgan fingerprint density at radius 2 is 2.26 bits per heavy atom. The highest BCUT2D eigenvalue weighted by molar-refractivity contribution is 5.88. The summed E-state index contributed by atoms with van der Waals surface area (Å²) in [4.78, 5) is 14.6. The number of carbonyl (C=O) groups is 1. The minimum absolute atomic E-state index is 0.00328. The van der Waals surface area contributed by atoms with Crippen molar-refractivity contribution in [3.63, 3.8) is 0 Å². The minimum Gasteiger partial charge on any atom is -0.493 e. The predicted octanol–water partition coefficient (Wildman–Crippen LogP) is 1.51. The molecule has 5 nitrogen and oxygen atoms in total. The van der Waals surface area contributed by atoms with Crippen molar-refractivity contribution in [1.29, 1.82) is 0 Å². The molecule has 1 aliphatic heterocycles. The summed E-state index contributed by atoms with van der Waals surface area (Å²) in [6.45, 7) is 2.95. The van der Waals surface area contributed by atoms with Gasteiger partial charge in [-0.2, -0.15) is 0 Å². The number of hydrogen-bond donors (Lipinski definition) is 1. The van der Waals surface area contributed by atoms with Crippen LogP contribution in [-0.4, -0.2) is 54.2 Å². The molecular formula is C18H23NO4. The first-order chi connectivity index (χ1) is 11.0. The second kappa shape index (κ2) is 4.95. The van der Waals surface area contributed by atoms with Crippen LogP contribution in [0.3, 0.4) is 0 Å². The molecule has 124 valence electrons. The average molecular weight is 317 g/mol. The standard InChI is InChI=1S/C18H23NO4/c1-4-19(2)13-9-10-5-6-12(22-3)17-14(10)15-16(23-17)11(20)7-8-18(13,15)21/h5-6,13,15-16,21H,4,7-9H2,1-3H3/t13-,15?,16+,18-/m0/s1. The first-order valence-electron chi connectivity index (χ1n) is 8.33. The lowest BCUT2D eigenvalue weighted by Gasteiger charge is -2.51. The Labute approximate surface area is 136 Å². The second-order valence-corrected chi connectivity index (χ2v) is 6.94. The molecule has 1 aromatic rings. The van der Waals surface area contributed by atoms with Gasteiger partial charge in [0.25, 0.3) is 0 Å². The summed E-state index contributed by atoms with van der Waals surface area (Å²) < 4.78 is 11.4. The summed E-state index contributed by atoms with van der Waals surface area (Å²) in [7, 11) is 3.65. The van der Waals surface area contributed by atoms with E-state index in [2.05, 4.69) is 17.9 Å². The number of ether oxygens (including phenoxy) is 2. The highest BCUT2D eigenvalue weighted by Crippen LogP contribution is 2.58. The van der Waals surface area contributed by atoms with E-state index in [1.807, 2.05) is 13.1 Å². The highest BCUT2D eigenvalue weighted by atomic mass is 16.5. The Hall–Kier alpha value is -1.59. The number of Topliss-reactive ketones (excluding diaryl/α,β-unsaturated/α-hetero) is 1. The third-order valence-electron chi connectivity index (χ3n) is 5.98. The van der Waals surface area contributed by atoms with Gasteiger partial charge in [-0.3, -0.25) is 4.79 Å². The molecule has 5 heteroatoms. The third kappa shape index (κ3) is 1.83. The number of ketones is 1. The van der Waals surface area contributed by atoms with Crippen molar-refractivity contribution in [3.8, 4) is 11.5 Å². The number of nitrogens with zero attached hydrogens (tertiary/aromatic N) is 1. The van der Waals surface area contributed by atoms with E-state index in [1.165, 1.54) is 0 Å². The molecule has 1 saturated carbocycles. The van der Waals surface area contributed by atoms with Crippen molar-refractivity contribution in [3.05, 3.63) is 23.3 Å². The monoisotopic (exact) mass is 317 g/mol. The van der Waals surface area contributed by atoms with Crippen LogP contribution in [0.4, 0.5) is 0 Å². The topological polar surface area (TPSA) is 59.0 Å². The van der Waals surface area contributed by atoms with Crippen molar-refractivity contribution >= 4 is 5.78 Å². The van der Waals surface area contributed by atoms with E-state index in [-0.39, 0.29) is 17.7 Å².